The van der Waals surface area contributed by atoms with E-state index < -0.39 is 12.0 Å². The molecule has 0 unspecified atom stereocenters. The number of carbonyl (C=O) groups is 2. The van der Waals surface area contributed by atoms with Gasteiger partial charge in [-0.05, 0) is 24.4 Å². The second-order valence-corrected chi connectivity index (χ2v) is 3.54. The lowest BCUT2D eigenvalue weighted by Crippen LogP contribution is -2.33. The van der Waals surface area contributed by atoms with Crippen molar-refractivity contribution in [3.8, 4) is 0 Å². The van der Waals surface area contributed by atoms with Crippen LogP contribution in [-0.4, -0.2) is 25.2 Å². The molecule has 6 heteroatoms. The lowest BCUT2D eigenvalue weighted by Gasteiger charge is -2.05. The third kappa shape index (κ3) is 4.46. The minimum absolute atomic E-state index is 0.120. The van der Waals surface area contributed by atoms with Crippen LogP contribution in [0.15, 0.2) is 17.5 Å². The van der Waals surface area contributed by atoms with E-state index in [0.29, 0.717) is 6.61 Å². The zero-order chi connectivity index (χ0) is 11.1. The first kappa shape index (κ1) is 11.5. The second kappa shape index (κ2) is 6.02. The third-order valence-corrected chi connectivity index (χ3v) is 2.24. The topological polar surface area (TPSA) is 67.4 Å². The molecular weight excluding hydrogens is 216 g/mol. The Hall–Kier alpha value is -1.56. The van der Waals surface area contributed by atoms with Gasteiger partial charge in [-0.3, -0.25) is 10.1 Å². The van der Waals surface area contributed by atoms with Gasteiger partial charge in [0.15, 0.2) is 0 Å². The average Bonchev–Trinajstić information content (AvgIpc) is 2.68. The number of amides is 2. The molecule has 0 bridgehead atoms. The summed E-state index contributed by atoms with van der Waals surface area (Å²) in [5.74, 6) is -0.446. The standard InChI is InChI=1S/C9H12N2O3S/c1-2-14-8(12)6-10-9(13)11-7-4-3-5-15-7/h3-5H,2,6H2,1H3,(H2,10,11,13). The number of esters is 1. The Morgan fingerprint density at radius 2 is 2.33 bits per heavy atom. The highest BCUT2D eigenvalue weighted by Crippen LogP contribution is 2.14. The molecule has 15 heavy (non-hydrogen) atoms. The van der Waals surface area contributed by atoms with Crippen molar-refractivity contribution in [1.29, 1.82) is 0 Å². The summed E-state index contributed by atoms with van der Waals surface area (Å²) in [5, 5.41) is 7.55. The molecule has 5 nitrogen and oxygen atoms in total. The molecule has 2 N–H and O–H groups in total. The monoisotopic (exact) mass is 228 g/mol. The largest absolute Gasteiger partial charge is 0.465 e. The van der Waals surface area contributed by atoms with E-state index in [4.69, 9.17) is 0 Å². The molecule has 0 fully saturated rings. The maximum Gasteiger partial charge on any atom is 0.325 e. The number of nitrogens with one attached hydrogen (secondary N) is 2. The van der Waals surface area contributed by atoms with Crippen molar-refractivity contribution in [3.63, 3.8) is 0 Å². The van der Waals surface area contributed by atoms with Crippen LogP contribution in [0.5, 0.6) is 0 Å². The Balaban J connectivity index is 2.22. The number of ether oxygens (including phenoxy) is 1. The molecule has 1 rings (SSSR count). The number of hydrogen-bond donors (Lipinski definition) is 2. The number of thiophene rings is 1. The molecule has 0 aliphatic carbocycles. The van der Waals surface area contributed by atoms with Crippen LogP contribution in [0.1, 0.15) is 6.92 Å². The minimum atomic E-state index is -0.446. The van der Waals surface area contributed by atoms with Gasteiger partial charge in [-0.1, -0.05) is 0 Å². The zero-order valence-corrected chi connectivity index (χ0v) is 9.10. The van der Waals surface area contributed by atoms with Crippen LogP contribution < -0.4 is 10.6 Å². The molecule has 1 heterocycles. The Labute approximate surface area is 91.4 Å². The van der Waals surface area contributed by atoms with Crippen molar-refractivity contribution in [2.45, 2.75) is 6.92 Å². The summed E-state index contributed by atoms with van der Waals surface area (Å²) in [6.45, 7) is 1.90. The molecule has 82 valence electrons. The highest BCUT2D eigenvalue weighted by Gasteiger charge is 2.05. The molecule has 0 aliphatic rings. The summed E-state index contributed by atoms with van der Waals surface area (Å²) >= 11 is 1.41. The van der Waals surface area contributed by atoms with Gasteiger partial charge < -0.3 is 10.1 Å². The summed E-state index contributed by atoms with van der Waals surface area (Å²) in [7, 11) is 0. The number of hydrogen-bond acceptors (Lipinski definition) is 4. The Morgan fingerprint density at radius 1 is 1.53 bits per heavy atom. The molecule has 0 saturated heterocycles. The SMILES string of the molecule is CCOC(=O)CNC(=O)Nc1cccs1. The molecule has 0 aliphatic heterocycles. The normalized spacial score (nSPS) is 9.40. The summed E-state index contributed by atoms with van der Waals surface area (Å²) in [6.07, 6.45) is 0. The Morgan fingerprint density at radius 3 is 2.93 bits per heavy atom. The molecular formula is C9H12N2O3S. The van der Waals surface area contributed by atoms with Gasteiger partial charge in [0.2, 0.25) is 0 Å². The quantitative estimate of drug-likeness (QED) is 0.766. The third-order valence-electron chi connectivity index (χ3n) is 1.46. The van der Waals surface area contributed by atoms with Crippen molar-refractivity contribution in [1.82, 2.24) is 5.32 Å². The van der Waals surface area contributed by atoms with Crippen LogP contribution >= 0.6 is 11.3 Å². The van der Waals surface area contributed by atoms with Gasteiger partial charge in [0.1, 0.15) is 6.54 Å². The Bertz CT molecular complexity index is 324. The van der Waals surface area contributed by atoms with E-state index in [1.165, 1.54) is 11.3 Å². The summed E-state index contributed by atoms with van der Waals surface area (Å²) < 4.78 is 4.65. The van der Waals surface area contributed by atoms with E-state index in [0.717, 1.165) is 5.00 Å². The second-order valence-electron chi connectivity index (χ2n) is 2.59. The van der Waals surface area contributed by atoms with E-state index in [1.54, 1.807) is 13.0 Å². The van der Waals surface area contributed by atoms with Crippen molar-refractivity contribution < 1.29 is 14.3 Å². The molecule has 1 aromatic heterocycles. The van der Waals surface area contributed by atoms with E-state index >= 15 is 0 Å². The van der Waals surface area contributed by atoms with Crippen molar-refractivity contribution in [2.75, 3.05) is 18.5 Å². The zero-order valence-electron chi connectivity index (χ0n) is 8.28. The van der Waals surface area contributed by atoms with E-state index in [2.05, 4.69) is 15.4 Å². The maximum absolute atomic E-state index is 11.2. The molecule has 0 saturated carbocycles. The van der Waals surface area contributed by atoms with Gasteiger partial charge in [-0.2, -0.15) is 0 Å². The number of carbonyl (C=O) groups excluding carboxylic acids is 2. The van der Waals surface area contributed by atoms with Crippen LogP contribution in [0.25, 0.3) is 0 Å². The summed E-state index contributed by atoms with van der Waals surface area (Å²) in [6, 6.07) is 3.19. The molecule has 2 amide bonds. The summed E-state index contributed by atoms with van der Waals surface area (Å²) in [4.78, 5) is 22.1. The highest BCUT2D eigenvalue weighted by molar-refractivity contribution is 7.14. The van der Waals surface area contributed by atoms with E-state index in [1.807, 2.05) is 11.4 Å². The number of anilines is 1. The van der Waals surface area contributed by atoms with E-state index in [-0.39, 0.29) is 6.54 Å². The van der Waals surface area contributed by atoms with Crippen molar-refractivity contribution in [3.05, 3.63) is 17.5 Å². The van der Waals surface area contributed by atoms with E-state index in [9.17, 15) is 9.59 Å². The number of rotatable bonds is 4. The fourth-order valence-electron chi connectivity index (χ4n) is 0.870. The smallest absolute Gasteiger partial charge is 0.325 e. The van der Waals surface area contributed by atoms with Crippen molar-refractivity contribution >= 4 is 28.3 Å². The fraction of sp³-hybridized carbons (Fsp3) is 0.333. The molecule has 0 aromatic carbocycles. The van der Waals surface area contributed by atoms with Crippen molar-refractivity contribution in [2.24, 2.45) is 0 Å². The van der Waals surface area contributed by atoms with Gasteiger partial charge >= 0.3 is 12.0 Å². The van der Waals surface area contributed by atoms with Crippen LogP contribution in [-0.2, 0) is 9.53 Å². The molecule has 1 aromatic rings. The van der Waals surface area contributed by atoms with Gasteiger partial charge in [0.25, 0.3) is 0 Å². The van der Waals surface area contributed by atoms with Gasteiger partial charge in [0, 0.05) is 0 Å². The molecule has 0 spiro atoms. The number of urea groups is 1. The van der Waals surface area contributed by atoms with Crippen LogP contribution in [0, 0.1) is 0 Å². The van der Waals surface area contributed by atoms with Crippen LogP contribution in [0.2, 0.25) is 0 Å². The van der Waals surface area contributed by atoms with Gasteiger partial charge in [-0.25, -0.2) is 4.79 Å². The first-order valence-electron chi connectivity index (χ1n) is 4.46. The lowest BCUT2D eigenvalue weighted by molar-refractivity contribution is -0.141. The predicted octanol–water partition coefficient (Wildman–Crippen LogP) is 1.43. The molecule has 0 atom stereocenters. The Kier molecular flexibility index (Phi) is 4.62. The first-order valence-corrected chi connectivity index (χ1v) is 5.34. The highest BCUT2D eigenvalue weighted by atomic mass is 32.1. The van der Waals surface area contributed by atoms with Gasteiger partial charge in [0.05, 0.1) is 11.6 Å². The minimum Gasteiger partial charge on any atom is -0.465 e. The maximum atomic E-state index is 11.2. The lowest BCUT2D eigenvalue weighted by atomic mass is 10.6. The first-order chi connectivity index (χ1) is 7.22. The average molecular weight is 228 g/mol. The summed E-state index contributed by atoms with van der Waals surface area (Å²) in [5.41, 5.74) is 0. The van der Waals surface area contributed by atoms with Crippen LogP contribution in [0.4, 0.5) is 9.80 Å². The fourth-order valence-corrected chi connectivity index (χ4v) is 1.48. The predicted molar refractivity (Wildman–Crippen MR) is 58.0 cm³/mol. The van der Waals surface area contributed by atoms with Gasteiger partial charge in [-0.15, -0.1) is 11.3 Å². The van der Waals surface area contributed by atoms with Crippen LogP contribution in [0.3, 0.4) is 0 Å². The molecule has 0 radical (unpaired) electrons.